The predicted octanol–water partition coefficient (Wildman–Crippen LogP) is 4.18. The highest BCUT2D eigenvalue weighted by atomic mass is 35.5. The molecule has 1 aliphatic carbocycles. The van der Waals surface area contributed by atoms with Crippen LogP contribution in [-0.4, -0.2) is 21.8 Å². The molecular weight excluding hydrogens is 296 g/mol. The zero-order valence-electron chi connectivity index (χ0n) is 12.6. The Balaban J connectivity index is 1.85. The first-order valence-electron chi connectivity index (χ1n) is 7.61. The molecule has 1 unspecified atom stereocenters. The summed E-state index contributed by atoms with van der Waals surface area (Å²) < 4.78 is 0. The van der Waals surface area contributed by atoms with Gasteiger partial charge in [-0.1, -0.05) is 41.9 Å². The molecule has 0 radical (unpaired) electrons. The Morgan fingerprint density at radius 2 is 2.05 bits per heavy atom. The van der Waals surface area contributed by atoms with E-state index < -0.39 is 0 Å². The minimum atomic E-state index is 0.0209. The Hall–Kier alpha value is -1.87. The molecule has 22 heavy (non-hydrogen) atoms. The fourth-order valence-electron chi connectivity index (χ4n) is 2.72. The van der Waals surface area contributed by atoms with E-state index in [9.17, 15) is 4.79 Å². The molecule has 1 amide bonds. The molecule has 0 spiro atoms. The van der Waals surface area contributed by atoms with E-state index in [1.807, 2.05) is 23.1 Å². The summed E-state index contributed by atoms with van der Waals surface area (Å²) in [6.07, 6.45) is 3.99. The van der Waals surface area contributed by atoms with E-state index in [4.69, 9.17) is 11.6 Å². The molecule has 1 aromatic heterocycles. The van der Waals surface area contributed by atoms with Crippen molar-refractivity contribution in [3.8, 4) is 0 Å². The number of nitrogens with zero attached hydrogens (tertiary/aromatic N) is 2. The van der Waals surface area contributed by atoms with Crippen LogP contribution in [0.2, 0.25) is 5.15 Å². The van der Waals surface area contributed by atoms with Crippen molar-refractivity contribution in [3.05, 3.63) is 64.9 Å². The summed E-state index contributed by atoms with van der Waals surface area (Å²) in [7, 11) is 0. The van der Waals surface area contributed by atoms with Gasteiger partial charge in [-0.25, -0.2) is 4.98 Å². The van der Waals surface area contributed by atoms with E-state index >= 15 is 0 Å². The lowest BCUT2D eigenvalue weighted by molar-refractivity contribution is 0.0654. The molecular formula is C18H19ClN2O. The largest absolute Gasteiger partial charge is 0.331 e. The fraction of sp³-hybridized carbons (Fsp3) is 0.333. The standard InChI is InChI=1S/C18H19ClN2O/c1-13(15-7-8-15)21(12-14-5-3-2-4-6-14)18(22)16-9-10-20-17(19)11-16/h2-6,9-11,13,15H,7-8,12H2,1H3. The van der Waals surface area contributed by atoms with E-state index in [0.29, 0.717) is 23.2 Å². The molecule has 1 saturated carbocycles. The topological polar surface area (TPSA) is 33.2 Å². The maximum absolute atomic E-state index is 12.9. The minimum Gasteiger partial charge on any atom is -0.331 e. The van der Waals surface area contributed by atoms with E-state index in [-0.39, 0.29) is 11.9 Å². The van der Waals surface area contributed by atoms with Crippen LogP contribution in [0, 0.1) is 5.92 Å². The number of pyridine rings is 1. The molecule has 0 bridgehead atoms. The monoisotopic (exact) mass is 314 g/mol. The summed E-state index contributed by atoms with van der Waals surface area (Å²) in [6.45, 7) is 2.76. The van der Waals surface area contributed by atoms with Crippen LogP contribution < -0.4 is 0 Å². The zero-order valence-corrected chi connectivity index (χ0v) is 13.3. The van der Waals surface area contributed by atoms with Crippen LogP contribution in [-0.2, 0) is 6.54 Å². The highest BCUT2D eigenvalue weighted by molar-refractivity contribution is 6.29. The third-order valence-electron chi connectivity index (χ3n) is 4.23. The summed E-state index contributed by atoms with van der Waals surface area (Å²) in [5.41, 5.74) is 1.74. The molecule has 114 valence electrons. The molecule has 0 N–H and O–H groups in total. The number of carbonyl (C=O) groups excluding carboxylic acids is 1. The molecule has 4 heteroatoms. The lowest BCUT2D eigenvalue weighted by Gasteiger charge is -2.29. The van der Waals surface area contributed by atoms with Gasteiger partial charge in [0.1, 0.15) is 5.15 Å². The molecule has 3 nitrogen and oxygen atoms in total. The van der Waals surface area contributed by atoms with Gasteiger partial charge in [-0.05, 0) is 43.4 Å². The molecule has 1 aliphatic rings. The number of hydrogen-bond donors (Lipinski definition) is 0. The van der Waals surface area contributed by atoms with E-state index in [1.165, 1.54) is 12.8 Å². The van der Waals surface area contributed by atoms with Crippen molar-refractivity contribution in [1.82, 2.24) is 9.88 Å². The Morgan fingerprint density at radius 3 is 2.68 bits per heavy atom. The van der Waals surface area contributed by atoms with Gasteiger partial charge in [0.15, 0.2) is 0 Å². The summed E-state index contributed by atoms with van der Waals surface area (Å²) >= 11 is 5.93. The molecule has 2 aromatic rings. The highest BCUT2D eigenvalue weighted by Crippen LogP contribution is 2.36. The molecule has 3 rings (SSSR count). The summed E-state index contributed by atoms with van der Waals surface area (Å²) in [6, 6.07) is 13.7. The fourth-order valence-corrected chi connectivity index (χ4v) is 2.89. The zero-order chi connectivity index (χ0) is 15.5. The number of aromatic nitrogens is 1. The van der Waals surface area contributed by atoms with Gasteiger partial charge in [-0.2, -0.15) is 0 Å². The molecule has 1 aromatic carbocycles. The third-order valence-corrected chi connectivity index (χ3v) is 4.43. The van der Waals surface area contributed by atoms with E-state index in [1.54, 1.807) is 18.3 Å². The lowest BCUT2D eigenvalue weighted by Crippen LogP contribution is -2.39. The van der Waals surface area contributed by atoms with Crippen molar-refractivity contribution in [2.45, 2.75) is 32.4 Å². The molecule has 1 fully saturated rings. The SMILES string of the molecule is CC(C1CC1)N(Cc1ccccc1)C(=O)c1ccnc(Cl)c1. The summed E-state index contributed by atoms with van der Waals surface area (Å²) in [5.74, 6) is 0.637. The minimum absolute atomic E-state index is 0.0209. The second-order valence-corrected chi connectivity index (χ2v) is 6.25. The highest BCUT2D eigenvalue weighted by Gasteiger charge is 2.34. The molecule has 0 aliphatic heterocycles. The summed E-state index contributed by atoms with van der Waals surface area (Å²) in [4.78, 5) is 18.8. The number of rotatable bonds is 5. The first-order valence-corrected chi connectivity index (χ1v) is 7.99. The van der Waals surface area contributed by atoms with Gasteiger partial charge in [0, 0.05) is 24.3 Å². The van der Waals surface area contributed by atoms with Crippen molar-refractivity contribution in [1.29, 1.82) is 0 Å². The molecule has 1 atom stereocenters. The van der Waals surface area contributed by atoms with Crippen LogP contribution >= 0.6 is 11.6 Å². The van der Waals surface area contributed by atoms with Crippen LogP contribution in [0.15, 0.2) is 48.7 Å². The van der Waals surface area contributed by atoms with E-state index in [0.717, 1.165) is 5.56 Å². The van der Waals surface area contributed by atoms with Crippen LogP contribution in [0.1, 0.15) is 35.7 Å². The molecule has 0 saturated heterocycles. The van der Waals surface area contributed by atoms with E-state index in [2.05, 4.69) is 24.0 Å². The second-order valence-electron chi connectivity index (χ2n) is 5.86. The van der Waals surface area contributed by atoms with Crippen LogP contribution in [0.4, 0.5) is 0 Å². The smallest absolute Gasteiger partial charge is 0.254 e. The van der Waals surface area contributed by atoms with Gasteiger partial charge in [0.2, 0.25) is 0 Å². The maximum atomic E-state index is 12.9. The van der Waals surface area contributed by atoms with Crippen LogP contribution in [0.25, 0.3) is 0 Å². The van der Waals surface area contributed by atoms with Crippen molar-refractivity contribution in [2.24, 2.45) is 5.92 Å². The van der Waals surface area contributed by atoms with Gasteiger partial charge in [-0.3, -0.25) is 4.79 Å². The lowest BCUT2D eigenvalue weighted by atomic mass is 10.1. The van der Waals surface area contributed by atoms with Crippen LogP contribution in [0.5, 0.6) is 0 Å². The Kier molecular flexibility index (Phi) is 4.44. The first kappa shape index (κ1) is 15.0. The average molecular weight is 315 g/mol. The Labute approximate surface area is 135 Å². The van der Waals surface area contributed by atoms with Gasteiger partial charge < -0.3 is 4.90 Å². The Bertz CT molecular complexity index is 655. The number of carbonyl (C=O) groups is 1. The number of benzene rings is 1. The quantitative estimate of drug-likeness (QED) is 0.776. The molecule has 1 heterocycles. The van der Waals surface area contributed by atoms with Gasteiger partial charge in [0.05, 0.1) is 0 Å². The van der Waals surface area contributed by atoms with Gasteiger partial charge in [0.25, 0.3) is 5.91 Å². The maximum Gasteiger partial charge on any atom is 0.254 e. The van der Waals surface area contributed by atoms with Crippen molar-refractivity contribution >= 4 is 17.5 Å². The summed E-state index contributed by atoms with van der Waals surface area (Å²) in [5, 5.41) is 0.351. The number of amides is 1. The third kappa shape index (κ3) is 3.47. The van der Waals surface area contributed by atoms with Crippen LogP contribution in [0.3, 0.4) is 0 Å². The predicted molar refractivity (Wildman–Crippen MR) is 87.7 cm³/mol. The van der Waals surface area contributed by atoms with Crippen molar-refractivity contribution < 1.29 is 4.79 Å². The van der Waals surface area contributed by atoms with Crippen molar-refractivity contribution in [3.63, 3.8) is 0 Å². The first-order chi connectivity index (χ1) is 10.6. The van der Waals surface area contributed by atoms with Gasteiger partial charge in [-0.15, -0.1) is 0 Å². The Morgan fingerprint density at radius 1 is 1.32 bits per heavy atom. The second kappa shape index (κ2) is 6.49. The number of halogens is 1. The normalized spacial score (nSPS) is 15.4. The van der Waals surface area contributed by atoms with Crippen molar-refractivity contribution in [2.75, 3.05) is 0 Å². The van der Waals surface area contributed by atoms with Gasteiger partial charge >= 0.3 is 0 Å². The average Bonchev–Trinajstić information content (AvgIpc) is 3.37. The number of hydrogen-bond acceptors (Lipinski definition) is 2.